The lowest BCUT2D eigenvalue weighted by Crippen LogP contribution is -2.37. The Morgan fingerprint density at radius 2 is 1.84 bits per heavy atom. The van der Waals surface area contributed by atoms with Crippen LogP contribution < -0.4 is 15.2 Å². The second kappa shape index (κ2) is 12.6. The second-order valence-electron chi connectivity index (χ2n) is 9.64. The number of thiocarbonyl (C=S) groups is 1. The number of carbonyl (C=O) groups excluding carboxylic acids is 1. The highest BCUT2D eigenvalue weighted by Crippen LogP contribution is 2.36. The monoisotopic (exact) mass is 550 g/mol. The van der Waals surface area contributed by atoms with Crippen molar-refractivity contribution in [3.63, 3.8) is 0 Å². The molecule has 0 aliphatic carbocycles. The first kappa shape index (κ1) is 27.9. The van der Waals surface area contributed by atoms with Crippen LogP contribution in [-0.4, -0.2) is 46.4 Å². The second-order valence-corrected chi connectivity index (χ2v) is 11.3. The van der Waals surface area contributed by atoms with E-state index in [2.05, 4.69) is 17.9 Å². The molecule has 200 valence electrons. The van der Waals surface area contributed by atoms with E-state index in [1.807, 2.05) is 37.3 Å². The highest BCUT2D eigenvalue weighted by Gasteiger charge is 2.33. The van der Waals surface area contributed by atoms with Gasteiger partial charge in [-0.3, -0.25) is 19.1 Å². The lowest BCUT2D eigenvalue weighted by molar-refractivity contribution is -0.122. The molecule has 3 heterocycles. The number of methoxy groups -OCH3 is 1. The van der Waals surface area contributed by atoms with Gasteiger partial charge in [0, 0.05) is 31.7 Å². The number of amides is 1. The number of carbonyl (C=O) groups is 1. The van der Waals surface area contributed by atoms with Crippen molar-refractivity contribution in [3.05, 3.63) is 61.8 Å². The summed E-state index contributed by atoms with van der Waals surface area (Å²) < 4.78 is 7.51. The number of hydrogen-bond donors (Lipinski definition) is 0. The van der Waals surface area contributed by atoms with Crippen LogP contribution in [0.25, 0.3) is 6.08 Å². The average Bonchev–Trinajstić information content (AvgIpc) is 3.20. The van der Waals surface area contributed by atoms with Gasteiger partial charge in [0.1, 0.15) is 27.5 Å². The third-order valence-electron chi connectivity index (χ3n) is 7.17. The number of nitrogens with zero attached hydrogens (tertiary/aromatic N) is 4. The molecule has 0 radical (unpaired) electrons. The molecule has 0 spiro atoms. The smallest absolute Gasteiger partial charge is 0.270 e. The summed E-state index contributed by atoms with van der Waals surface area (Å²) in [5.41, 5.74) is 2.38. The number of aromatic nitrogens is 1. The molecule has 1 aromatic carbocycles. The standard InChI is InChI=1S/C29H34N4O3S2/c1-4-5-16-32-26(31-14-7-6-8-15-31)23(20(2)24(19-30)27(32)34)18-25-28(35)33(29(37)38-25)17-13-21-9-11-22(36-3)12-10-21/h9-12,18H,4-8,13-17H2,1-3H3/b25-18+. The average molecular weight is 551 g/mol. The Balaban J connectivity index is 1.71. The summed E-state index contributed by atoms with van der Waals surface area (Å²) in [4.78, 5) is 31.3. The molecular formula is C29H34N4O3S2. The molecule has 7 nitrogen and oxygen atoms in total. The van der Waals surface area contributed by atoms with Crippen molar-refractivity contribution in [1.29, 1.82) is 5.26 Å². The number of rotatable bonds is 9. The number of benzene rings is 1. The van der Waals surface area contributed by atoms with Gasteiger partial charge in [-0.2, -0.15) is 5.26 Å². The first-order chi connectivity index (χ1) is 18.4. The van der Waals surface area contributed by atoms with Gasteiger partial charge in [-0.05, 0) is 68.4 Å². The fraction of sp³-hybridized carbons (Fsp3) is 0.448. The molecule has 0 unspecified atom stereocenters. The molecule has 9 heteroatoms. The molecular weight excluding hydrogens is 516 g/mol. The van der Waals surface area contributed by atoms with Gasteiger partial charge >= 0.3 is 0 Å². The fourth-order valence-electron chi connectivity index (χ4n) is 4.97. The molecule has 0 N–H and O–H groups in total. The maximum atomic E-state index is 13.5. The Morgan fingerprint density at radius 1 is 1.13 bits per heavy atom. The van der Waals surface area contributed by atoms with Crippen LogP contribution in [0.3, 0.4) is 0 Å². The maximum Gasteiger partial charge on any atom is 0.270 e. The predicted octanol–water partition coefficient (Wildman–Crippen LogP) is 5.27. The van der Waals surface area contributed by atoms with Crippen molar-refractivity contribution in [3.8, 4) is 11.8 Å². The highest BCUT2D eigenvalue weighted by atomic mass is 32.2. The number of ether oxygens (including phenoxy) is 1. The minimum absolute atomic E-state index is 0.137. The fourth-order valence-corrected chi connectivity index (χ4v) is 6.26. The Labute approximate surface area is 234 Å². The van der Waals surface area contributed by atoms with Crippen LogP contribution in [0.5, 0.6) is 5.75 Å². The summed E-state index contributed by atoms with van der Waals surface area (Å²) in [5, 5.41) is 9.88. The van der Waals surface area contributed by atoms with Crippen molar-refractivity contribution in [2.24, 2.45) is 0 Å². The van der Waals surface area contributed by atoms with Gasteiger partial charge in [-0.1, -0.05) is 49.5 Å². The van der Waals surface area contributed by atoms with Crippen LogP contribution in [0.2, 0.25) is 0 Å². The molecule has 1 amide bonds. The third kappa shape index (κ3) is 5.82. The van der Waals surface area contributed by atoms with E-state index in [9.17, 15) is 14.9 Å². The molecule has 2 saturated heterocycles. The molecule has 2 fully saturated rings. The molecule has 0 saturated carbocycles. The van der Waals surface area contributed by atoms with E-state index in [-0.39, 0.29) is 17.0 Å². The first-order valence-corrected chi connectivity index (χ1v) is 14.4. The van der Waals surface area contributed by atoms with Crippen molar-refractivity contribution < 1.29 is 9.53 Å². The normalized spacial score (nSPS) is 16.8. The minimum atomic E-state index is -0.247. The summed E-state index contributed by atoms with van der Waals surface area (Å²) in [6.07, 6.45) is 7.55. The molecule has 38 heavy (non-hydrogen) atoms. The van der Waals surface area contributed by atoms with E-state index in [1.165, 1.54) is 11.8 Å². The quantitative estimate of drug-likeness (QED) is 0.311. The summed E-state index contributed by atoms with van der Waals surface area (Å²) in [5.74, 6) is 1.48. The van der Waals surface area contributed by atoms with Crippen molar-refractivity contribution in [1.82, 2.24) is 9.47 Å². The third-order valence-corrected chi connectivity index (χ3v) is 8.55. The Kier molecular flexibility index (Phi) is 9.29. The van der Waals surface area contributed by atoms with Gasteiger partial charge in [0.05, 0.1) is 12.0 Å². The predicted molar refractivity (Wildman–Crippen MR) is 158 cm³/mol. The van der Waals surface area contributed by atoms with Crippen LogP contribution >= 0.6 is 24.0 Å². The summed E-state index contributed by atoms with van der Waals surface area (Å²) in [7, 11) is 1.63. The molecule has 4 rings (SSSR count). The van der Waals surface area contributed by atoms with E-state index < -0.39 is 0 Å². The maximum absolute atomic E-state index is 13.5. The van der Waals surface area contributed by atoms with Gasteiger partial charge in [-0.25, -0.2) is 0 Å². The zero-order chi connectivity index (χ0) is 27.2. The Bertz CT molecular complexity index is 1340. The number of nitriles is 1. The lowest BCUT2D eigenvalue weighted by Gasteiger charge is -2.33. The minimum Gasteiger partial charge on any atom is -0.497 e. The molecule has 0 atom stereocenters. The Morgan fingerprint density at radius 3 is 2.47 bits per heavy atom. The SMILES string of the molecule is CCCCn1c(N2CCCCC2)c(/C=C2/SC(=S)N(CCc3ccc(OC)cc3)C2=O)c(C)c(C#N)c1=O. The van der Waals surface area contributed by atoms with Crippen LogP contribution in [0.15, 0.2) is 34.0 Å². The van der Waals surface area contributed by atoms with Gasteiger partial charge in [0.2, 0.25) is 0 Å². The molecule has 1 aromatic heterocycles. The van der Waals surface area contributed by atoms with E-state index >= 15 is 0 Å². The van der Waals surface area contributed by atoms with Gasteiger partial charge in [-0.15, -0.1) is 0 Å². The number of pyridine rings is 1. The molecule has 2 aromatic rings. The number of unbranched alkanes of at least 4 members (excludes halogenated alkanes) is 1. The zero-order valence-corrected chi connectivity index (χ0v) is 23.9. The number of thioether (sulfide) groups is 1. The number of hydrogen-bond acceptors (Lipinski definition) is 7. The van der Waals surface area contributed by atoms with Gasteiger partial charge in [0.15, 0.2) is 0 Å². The van der Waals surface area contributed by atoms with E-state index in [1.54, 1.807) is 16.6 Å². The van der Waals surface area contributed by atoms with Gasteiger partial charge in [0.25, 0.3) is 11.5 Å². The van der Waals surface area contributed by atoms with E-state index in [0.717, 1.165) is 67.9 Å². The number of piperidine rings is 1. The van der Waals surface area contributed by atoms with Crippen molar-refractivity contribution >= 4 is 46.1 Å². The summed E-state index contributed by atoms with van der Waals surface area (Å²) in [6, 6.07) is 9.93. The lowest BCUT2D eigenvalue weighted by atomic mass is 10.0. The van der Waals surface area contributed by atoms with Crippen LogP contribution in [0.4, 0.5) is 5.82 Å². The summed E-state index contributed by atoms with van der Waals surface area (Å²) >= 11 is 6.88. The van der Waals surface area contributed by atoms with E-state index in [4.69, 9.17) is 17.0 Å². The van der Waals surface area contributed by atoms with Crippen molar-refractivity contribution in [2.75, 3.05) is 31.6 Å². The zero-order valence-electron chi connectivity index (χ0n) is 22.3. The molecule has 0 bridgehead atoms. The Hall–Kier alpha value is -3.09. The first-order valence-electron chi connectivity index (χ1n) is 13.2. The highest BCUT2D eigenvalue weighted by molar-refractivity contribution is 8.26. The van der Waals surface area contributed by atoms with Crippen LogP contribution in [0.1, 0.15) is 61.3 Å². The largest absolute Gasteiger partial charge is 0.497 e. The van der Waals surface area contributed by atoms with Crippen LogP contribution in [0, 0.1) is 18.3 Å². The topological polar surface area (TPSA) is 78.6 Å². The molecule has 2 aliphatic rings. The van der Waals surface area contributed by atoms with Crippen molar-refractivity contribution in [2.45, 2.75) is 58.9 Å². The molecule has 2 aliphatic heterocycles. The van der Waals surface area contributed by atoms with E-state index in [0.29, 0.717) is 34.3 Å². The van der Waals surface area contributed by atoms with Gasteiger partial charge < -0.3 is 9.64 Å². The summed E-state index contributed by atoms with van der Waals surface area (Å²) in [6.45, 7) is 6.61. The number of anilines is 1. The van der Waals surface area contributed by atoms with Crippen LogP contribution in [-0.2, 0) is 17.8 Å².